The average molecular weight is 311 g/mol. The van der Waals surface area contributed by atoms with E-state index in [1.54, 1.807) is 0 Å². The van der Waals surface area contributed by atoms with E-state index in [0.717, 1.165) is 23.2 Å². The minimum atomic E-state index is -0.0718. The van der Waals surface area contributed by atoms with Gasteiger partial charge < -0.3 is 14.8 Å². The van der Waals surface area contributed by atoms with Crippen LogP contribution in [0.25, 0.3) is 0 Å². The van der Waals surface area contributed by atoms with Crippen LogP contribution >= 0.6 is 0 Å². The van der Waals surface area contributed by atoms with Crippen molar-refractivity contribution < 1.29 is 14.3 Å². The van der Waals surface area contributed by atoms with Crippen molar-refractivity contribution in [1.29, 1.82) is 0 Å². The van der Waals surface area contributed by atoms with Crippen LogP contribution < -0.4 is 10.1 Å². The molecule has 0 radical (unpaired) electrons. The van der Waals surface area contributed by atoms with E-state index in [-0.39, 0.29) is 11.8 Å². The van der Waals surface area contributed by atoms with Gasteiger partial charge in [0.25, 0.3) is 0 Å². The average Bonchev–Trinajstić information content (AvgIpc) is 3.10. The number of amides is 1. The molecule has 1 saturated heterocycles. The van der Waals surface area contributed by atoms with E-state index in [2.05, 4.69) is 5.32 Å². The second-order valence-electron chi connectivity index (χ2n) is 5.82. The van der Waals surface area contributed by atoms with Gasteiger partial charge in [-0.2, -0.15) is 0 Å². The molecule has 0 saturated carbocycles. The largest absolute Gasteiger partial charge is 0.487 e. The summed E-state index contributed by atoms with van der Waals surface area (Å²) in [4.78, 5) is 12.3. The molecule has 1 aliphatic rings. The summed E-state index contributed by atoms with van der Waals surface area (Å²) in [5.74, 6) is 0.613. The van der Waals surface area contributed by atoms with Crippen LogP contribution in [-0.2, 0) is 16.1 Å². The maximum Gasteiger partial charge on any atom is 0.230 e. The molecule has 1 atom stereocenters. The smallest absolute Gasteiger partial charge is 0.230 e. The van der Waals surface area contributed by atoms with Crippen molar-refractivity contribution in [2.75, 3.05) is 18.5 Å². The lowest BCUT2D eigenvalue weighted by atomic mass is 10.1. The molecule has 1 fully saturated rings. The van der Waals surface area contributed by atoms with Crippen LogP contribution in [0.3, 0.4) is 0 Å². The first-order valence-electron chi connectivity index (χ1n) is 7.88. The standard InChI is InChI=1S/C19H21NO3/c1-14-7-8-18(23-12-15-5-3-2-4-6-15)17(11-14)20-19(21)16-9-10-22-13-16/h2-8,11,16H,9-10,12-13H2,1H3,(H,20,21). The molecular weight excluding hydrogens is 290 g/mol. The Morgan fingerprint density at radius 3 is 2.83 bits per heavy atom. The minimum absolute atomic E-state index is 0.00217. The molecule has 4 nitrogen and oxygen atoms in total. The van der Waals surface area contributed by atoms with E-state index >= 15 is 0 Å². The van der Waals surface area contributed by atoms with Crippen molar-refractivity contribution in [1.82, 2.24) is 0 Å². The number of carbonyl (C=O) groups excluding carboxylic acids is 1. The van der Waals surface area contributed by atoms with Crippen LogP contribution in [-0.4, -0.2) is 19.1 Å². The van der Waals surface area contributed by atoms with Gasteiger partial charge in [0.05, 0.1) is 18.2 Å². The van der Waals surface area contributed by atoms with Crippen LogP contribution in [0.1, 0.15) is 17.5 Å². The van der Waals surface area contributed by atoms with Crippen LogP contribution in [0.2, 0.25) is 0 Å². The number of anilines is 1. The molecule has 3 rings (SSSR count). The van der Waals surface area contributed by atoms with Crippen LogP contribution in [0.4, 0.5) is 5.69 Å². The topological polar surface area (TPSA) is 47.6 Å². The highest BCUT2D eigenvalue weighted by Crippen LogP contribution is 2.28. The molecule has 4 heteroatoms. The number of aryl methyl sites for hydroxylation is 1. The molecule has 1 unspecified atom stereocenters. The van der Waals surface area contributed by atoms with Crippen molar-refractivity contribution in [3.63, 3.8) is 0 Å². The predicted octanol–water partition coefficient (Wildman–Crippen LogP) is 3.55. The molecule has 23 heavy (non-hydrogen) atoms. The van der Waals surface area contributed by atoms with E-state index < -0.39 is 0 Å². The van der Waals surface area contributed by atoms with Crippen molar-refractivity contribution in [2.24, 2.45) is 5.92 Å². The van der Waals surface area contributed by atoms with Crippen molar-refractivity contribution in [2.45, 2.75) is 20.0 Å². The van der Waals surface area contributed by atoms with E-state index in [4.69, 9.17) is 9.47 Å². The van der Waals surface area contributed by atoms with Crippen molar-refractivity contribution in [3.05, 3.63) is 59.7 Å². The zero-order valence-electron chi connectivity index (χ0n) is 13.2. The number of rotatable bonds is 5. The molecule has 0 spiro atoms. The van der Waals surface area contributed by atoms with Crippen LogP contribution in [0, 0.1) is 12.8 Å². The Kier molecular flexibility index (Phi) is 4.93. The third kappa shape index (κ3) is 4.11. The van der Waals surface area contributed by atoms with Gasteiger partial charge in [0, 0.05) is 6.61 Å². The number of carbonyl (C=O) groups is 1. The van der Waals surface area contributed by atoms with Gasteiger partial charge in [-0.25, -0.2) is 0 Å². The van der Waals surface area contributed by atoms with Gasteiger partial charge >= 0.3 is 0 Å². The number of nitrogens with one attached hydrogen (secondary N) is 1. The Balaban J connectivity index is 1.71. The van der Waals surface area contributed by atoms with Crippen molar-refractivity contribution >= 4 is 11.6 Å². The Morgan fingerprint density at radius 2 is 2.09 bits per heavy atom. The molecule has 1 heterocycles. The van der Waals surface area contributed by atoms with Crippen LogP contribution in [0.15, 0.2) is 48.5 Å². The highest BCUT2D eigenvalue weighted by Gasteiger charge is 2.24. The fraction of sp³-hybridized carbons (Fsp3) is 0.316. The fourth-order valence-corrected chi connectivity index (χ4v) is 2.58. The van der Waals surface area contributed by atoms with Gasteiger partial charge in [0.1, 0.15) is 12.4 Å². The molecule has 0 bridgehead atoms. The SMILES string of the molecule is Cc1ccc(OCc2ccccc2)c(NC(=O)C2CCOC2)c1. The van der Waals surface area contributed by atoms with E-state index in [9.17, 15) is 4.79 Å². The normalized spacial score (nSPS) is 17.0. The molecule has 1 N–H and O–H groups in total. The second-order valence-corrected chi connectivity index (χ2v) is 5.82. The third-order valence-corrected chi connectivity index (χ3v) is 3.93. The minimum Gasteiger partial charge on any atom is -0.487 e. The second kappa shape index (κ2) is 7.29. The van der Waals surface area contributed by atoms with Gasteiger partial charge in [-0.05, 0) is 36.6 Å². The van der Waals surface area contributed by atoms with Gasteiger partial charge in [0.2, 0.25) is 5.91 Å². The molecule has 0 aliphatic carbocycles. The molecule has 2 aromatic carbocycles. The highest BCUT2D eigenvalue weighted by molar-refractivity contribution is 5.94. The summed E-state index contributed by atoms with van der Waals surface area (Å²) in [6.45, 7) is 3.62. The summed E-state index contributed by atoms with van der Waals surface area (Å²) in [5, 5.41) is 2.99. The van der Waals surface area contributed by atoms with Gasteiger partial charge in [0.15, 0.2) is 0 Å². The quantitative estimate of drug-likeness (QED) is 0.918. The lowest BCUT2D eigenvalue weighted by Crippen LogP contribution is -2.23. The number of ether oxygens (including phenoxy) is 2. The van der Waals surface area contributed by atoms with Crippen molar-refractivity contribution in [3.8, 4) is 5.75 Å². The zero-order chi connectivity index (χ0) is 16.1. The van der Waals surface area contributed by atoms with E-state index in [1.807, 2.05) is 55.5 Å². The molecule has 1 aliphatic heterocycles. The maximum absolute atomic E-state index is 12.3. The number of hydrogen-bond acceptors (Lipinski definition) is 3. The Hall–Kier alpha value is -2.33. The van der Waals surface area contributed by atoms with Gasteiger partial charge in [-0.3, -0.25) is 4.79 Å². The first-order chi connectivity index (χ1) is 11.2. The zero-order valence-corrected chi connectivity index (χ0v) is 13.2. The summed E-state index contributed by atoms with van der Waals surface area (Å²) in [6, 6.07) is 15.8. The van der Waals surface area contributed by atoms with Gasteiger partial charge in [-0.15, -0.1) is 0 Å². The first kappa shape index (κ1) is 15.6. The summed E-state index contributed by atoms with van der Waals surface area (Å²) < 4.78 is 11.2. The maximum atomic E-state index is 12.3. The molecule has 1 amide bonds. The lowest BCUT2D eigenvalue weighted by Gasteiger charge is -2.15. The summed E-state index contributed by atoms with van der Waals surface area (Å²) in [5.41, 5.74) is 2.89. The highest BCUT2D eigenvalue weighted by atomic mass is 16.5. The van der Waals surface area contributed by atoms with E-state index in [0.29, 0.717) is 25.6 Å². The lowest BCUT2D eigenvalue weighted by molar-refractivity contribution is -0.119. The Bertz CT molecular complexity index is 664. The Morgan fingerprint density at radius 1 is 1.26 bits per heavy atom. The first-order valence-corrected chi connectivity index (χ1v) is 7.88. The van der Waals surface area contributed by atoms with E-state index in [1.165, 1.54) is 0 Å². The monoisotopic (exact) mass is 311 g/mol. The summed E-state index contributed by atoms with van der Waals surface area (Å²) in [6.07, 6.45) is 0.776. The third-order valence-electron chi connectivity index (χ3n) is 3.93. The predicted molar refractivity (Wildman–Crippen MR) is 89.5 cm³/mol. The fourth-order valence-electron chi connectivity index (χ4n) is 2.58. The number of benzene rings is 2. The molecular formula is C19H21NO3. The molecule has 0 aromatic heterocycles. The van der Waals surface area contributed by atoms with Gasteiger partial charge in [-0.1, -0.05) is 36.4 Å². The Labute approximate surface area is 136 Å². The molecule has 2 aromatic rings. The summed E-state index contributed by atoms with van der Waals surface area (Å²) in [7, 11) is 0. The number of hydrogen-bond donors (Lipinski definition) is 1. The molecule has 120 valence electrons. The summed E-state index contributed by atoms with van der Waals surface area (Å²) >= 11 is 0. The van der Waals surface area contributed by atoms with Crippen LogP contribution in [0.5, 0.6) is 5.75 Å².